The van der Waals surface area contributed by atoms with Gasteiger partial charge in [-0.1, -0.05) is 17.7 Å². The molecule has 26 heavy (non-hydrogen) atoms. The Morgan fingerprint density at radius 1 is 1.19 bits per heavy atom. The molecule has 0 aliphatic rings. The van der Waals surface area contributed by atoms with Crippen molar-refractivity contribution < 1.29 is 9.59 Å². The molecule has 3 rings (SSSR count). The number of aryl methyl sites for hydroxylation is 1. The molecule has 0 radical (unpaired) electrons. The Bertz CT molecular complexity index is 954. The van der Waals surface area contributed by atoms with E-state index in [0.29, 0.717) is 16.5 Å². The van der Waals surface area contributed by atoms with Gasteiger partial charge in [0.05, 0.1) is 5.69 Å². The number of nitrogens with one attached hydrogen (secondary N) is 1. The summed E-state index contributed by atoms with van der Waals surface area (Å²) in [6.45, 7) is 1.87. The first-order valence-electron chi connectivity index (χ1n) is 7.58. The lowest BCUT2D eigenvalue weighted by Gasteiger charge is -2.20. The second-order valence-corrected chi connectivity index (χ2v) is 5.83. The zero-order valence-electron chi connectivity index (χ0n) is 13.8. The molecule has 0 saturated carbocycles. The molecule has 9 heteroatoms. The molecule has 0 atom stereocenters. The molecule has 0 fully saturated rings. The predicted molar refractivity (Wildman–Crippen MR) is 97.1 cm³/mol. The third-order valence-corrected chi connectivity index (χ3v) is 3.72. The number of carbonyl (C=O) groups excluding carboxylic acids is 2. The molecule has 132 valence electrons. The SMILES string of the molecule is Cc1cccc(-n2cnc(C(=O)NN(C(N)=O)c3ccc(Cl)cc3)c2)n1. The van der Waals surface area contributed by atoms with Gasteiger partial charge in [0.15, 0.2) is 0 Å². The van der Waals surface area contributed by atoms with Crippen LogP contribution in [-0.4, -0.2) is 26.5 Å². The second-order valence-electron chi connectivity index (χ2n) is 5.39. The van der Waals surface area contributed by atoms with Crippen LogP contribution in [0.2, 0.25) is 5.02 Å². The summed E-state index contributed by atoms with van der Waals surface area (Å²) < 4.78 is 1.61. The van der Waals surface area contributed by atoms with Crippen molar-refractivity contribution in [3.8, 4) is 5.82 Å². The quantitative estimate of drug-likeness (QED) is 0.690. The Morgan fingerprint density at radius 3 is 2.58 bits per heavy atom. The standard InChI is InChI=1S/C17H15ClN6O2/c1-11-3-2-4-15(21-11)23-9-14(20-10-23)16(25)22-24(17(19)26)13-7-5-12(18)6-8-13/h2-10H,1H3,(H2,19,26)(H,22,25). The molecular formula is C17H15ClN6O2. The second kappa shape index (κ2) is 7.24. The lowest BCUT2D eigenvalue weighted by molar-refractivity contribution is 0.0946. The number of halogens is 1. The molecule has 3 aromatic rings. The fraction of sp³-hybridized carbons (Fsp3) is 0.0588. The van der Waals surface area contributed by atoms with Gasteiger partial charge in [0.2, 0.25) is 0 Å². The third-order valence-electron chi connectivity index (χ3n) is 3.47. The fourth-order valence-corrected chi connectivity index (χ4v) is 2.36. The van der Waals surface area contributed by atoms with E-state index in [1.165, 1.54) is 12.5 Å². The van der Waals surface area contributed by atoms with Crippen LogP contribution in [0.4, 0.5) is 10.5 Å². The molecule has 8 nitrogen and oxygen atoms in total. The summed E-state index contributed by atoms with van der Waals surface area (Å²) >= 11 is 5.83. The number of urea groups is 1. The highest BCUT2D eigenvalue weighted by Gasteiger charge is 2.18. The number of rotatable bonds is 3. The van der Waals surface area contributed by atoms with E-state index in [-0.39, 0.29) is 5.69 Å². The van der Waals surface area contributed by atoms with Crippen molar-refractivity contribution in [1.29, 1.82) is 0 Å². The van der Waals surface area contributed by atoms with Gasteiger partial charge in [-0.05, 0) is 43.3 Å². The number of nitrogens with zero attached hydrogens (tertiary/aromatic N) is 4. The van der Waals surface area contributed by atoms with Crippen LogP contribution in [0.3, 0.4) is 0 Å². The van der Waals surface area contributed by atoms with Gasteiger partial charge in [0.1, 0.15) is 17.8 Å². The summed E-state index contributed by atoms with van der Waals surface area (Å²) in [4.78, 5) is 32.5. The maximum atomic E-state index is 12.4. The average molecular weight is 371 g/mol. The molecule has 0 spiro atoms. The zero-order valence-corrected chi connectivity index (χ0v) is 14.5. The first-order chi connectivity index (χ1) is 12.4. The predicted octanol–water partition coefficient (Wildman–Crippen LogP) is 2.46. The van der Waals surface area contributed by atoms with Crippen LogP contribution in [0, 0.1) is 6.92 Å². The van der Waals surface area contributed by atoms with Crippen LogP contribution in [0.25, 0.3) is 5.82 Å². The minimum atomic E-state index is -0.847. The van der Waals surface area contributed by atoms with Crippen molar-refractivity contribution in [2.45, 2.75) is 6.92 Å². The molecule has 0 aliphatic carbocycles. The smallest absolute Gasteiger partial charge is 0.338 e. The molecule has 2 heterocycles. The van der Waals surface area contributed by atoms with Gasteiger partial charge in [-0.3, -0.25) is 14.8 Å². The Morgan fingerprint density at radius 2 is 1.92 bits per heavy atom. The van der Waals surface area contributed by atoms with E-state index < -0.39 is 11.9 Å². The molecular weight excluding hydrogens is 356 g/mol. The van der Waals surface area contributed by atoms with Crippen molar-refractivity contribution in [2.75, 3.05) is 5.01 Å². The van der Waals surface area contributed by atoms with Crippen molar-refractivity contribution in [1.82, 2.24) is 20.0 Å². The molecule has 0 bridgehead atoms. The summed E-state index contributed by atoms with van der Waals surface area (Å²) in [6.07, 6.45) is 2.98. The maximum absolute atomic E-state index is 12.4. The van der Waals surface area contributed by atoms with E-state index in [2.05, 4.69) is 15.4 Å². The summed E-state index contributed by atoms with van der Waals surface area (Å²) in [7, 11) is 0. The maximum Gasteiger partial charge on any atom is 0.338 e. The normalized spacial score (nSPS) is 10.4. The molecule has 0 aliphatic heterocycles. The largest absolute Gasteiger partial charge is 0.350 e. The van der Waals surface area contributed by atoms with E-state index in [0.717, 1.165) is 10.7 Å². The molecule has 2 aromatic heterocycles. The monoisotopic (exact) mass is 370 g/mol. The number of aromatic nitrogens is 3. The Labute approximate surface area is 154 Å². The molecule has 0 saturated heterocycles. The Kier molecular flexibility index (Phi) is 4.85. The number of carbonyl (C=O) groups is 2. The number of hydrazine groups is 1. The average Bonchev–Trinajstić information content (AvgIpc) is 3.10. The lowest BCUT2D eigenvalue weighted by atomic mass is 10.3. The van der Waals surface area contributed by atoms with Crippen LogP contribution in [-0.2, 0) is 0 Å². The highest BCUT2D eigenvalue weighted by molar-refractivity contribution is 6.30. The van der Waals surface area contributed by atoms with Gasteiger partial charge in [-0.2, -0.15) is 0 Å². The Balaban J connectivity index is 1.80. The fourth-order valence-electron chi connectivity index (χ4n) is 2.23. The van der Waals surface area contributed by atoms with Crippen molar-refractivity contribution in [3.05, 3.63) is 71.4 Å². The number of anilines is 1. The number of nitrogens with two attached hydrogens (primary N) is 1. The first-order valence-corrected chi connectivity index (χ1v) is 7.96. The number of hydrogen-bond acceptors (Lipinski definition) is 4. The number of pyridine rings is 1. The first kappa shape index (κ1) is 17.4. The summed E-state index contributed by atoms with van der Waals surface area (Å²) in [6, 6.07) is 10.9. The van der Waals surface area contributed by atoms with E-state index in [4.69, 9.17) is 17.3 Å². The number of benzene rings is 1. The van der Waals surface area contributed by atoms with Crippen molar-refractivity contribution >= 4 is 29.2 Å². The lowest BCUT2D eigenvalue weighted by Crippen LogP contribution is -2.49. The van der Waals surface area contributed by atoms with Crippen LogP contribution in [0.15, 0.2) is 55.0 Å². The third kappa shape index (κ3) is 3.81. The summed E-state index contributed by atoms with van der Waals surface area (Å²) in [5.74, 6) is 0.0335. The van der Waals surface area contributed by atoms with Crippen molar-refractivity contribution in [3.63, 3.8) is 0 Å². The summed E-state index contributed by atoms with van der Waals surface area (Å²) in [5.41, 5.74) is 9.09. The Hall–Kier alpha value is -3.39. The van der Waals surface area contributed by atoms with Gasteiger partial charge in [0, 0.05) is 16.9 Å². The summed E-state index contributed by atoms with van der Waals surface area (Å²) in [5, 5.41) is 1.41. The van der Waals surface area contributed by atoms with Crippen LogP contribution in [0.1, 0.15) is 16.2 Å². The van der Waals surface area contributed by atoms with Gasteiger partial charge in [0.25, 0.3) is 5.91 Å². The van der Waals surface area contributed by atoms with E-state index >= 15 is 0 Å². The number of imidazole rings is 1. The van der Waals surface area contributed by atoms with Gasteiger partial charge in [-0.25, -0.2) is 19.8 Å². The minimum Gasteiger partial charge on any atom is -0.350 e. The zero-order chi connectivity index (χ0) is 18.7. The number of hydrogen-bond donors (Lipinski definition) is 2. The molecule has 0 unspecified atom stereocenters. The highest BCUT2D eigenvalue weighted by Crippen LogP contribution is 2.17. The molecule has 3 amide bonds. The number of amides is 3. The number of primary amides is 1. The van der Waals surface area contributed by atoms with Crippen molar-refractivity contribution in [2.24, 2.45) is 5.73 Å². The topological polar surface area (TPSA) is 106 Å². The van der Waals surface area contributed by atoms with E-state index in [9.17, 15) is 9.59 Å². The van der Waals surface area contributed by atoms with Crippen LogP contribution in [0.5, 0.6) is 0 Å². The van der Waals surface area contributed by atoms with E-state index in [1.54, 1.807) is 34.9 Å². The minimum absolute atomic E-state index is 0.105. The van der Waals surface area contributed by atoms with Crippen LogP contribution < -0.4 is 16.2 Å². The highest BCUT2D eigenvalue weighted by atomic mass is 35.5. The van der Waals surface area contributed by atoms with Gasteiger partial charge < -0.3 is 5.73 Å². The molecule has 3 N–H and O–H groups in total. The van der Waals surface area contributed by atoms with E-state index in [1.807, 2.05) is 19.1 Å². The van der Waals surface area contributed by atoms with Crippen LogP contribution >= 0.6 is 11.6 Å². The van der Waals surface area contributed by atoms with Gasteiger partial charge >= 0.3 is 6.03 Å². The molecule has 1 aromatic carbocycles. The van der Waals surface area contributed by atoms with Gasteiger partial charge in [-0.15, -0.1) is 0 Å².